The number of carbonyl (C=O) groups excluding carboxylic acids is 2. The van der Waals surface area contributed by atoms with Crippen LogP contribution >= 0.6 is 11.6 Å². The molecule has 0 radical (unpaired) electrons. The molecule has 2 aromatic carbocycles. The highest BCUT2D eigenvalue weighted by Crippen LogP contribution is 2.16. The molecule has 0 aliphatic heterocycles. The van der Waals surface area contributed by atoms with Crippen LogP contribution < -0.4 is 4.74 Å². The number of rotatable bonds is 11. The first-order valence-corrected chi connectivity index (χ1v) is 11.3. The minimum atomic E-state index is -0.246. The average molecular weight is 469 g/mol. The van der Waals surface area contributed by atoms with E-state index in [1.54, 1.807) is 46.4 Å². The van der Waals surface area contributed by atoms with Gasteiger partial charge in [0.05, 0.1) is 19.4 Å². The van der Waals surface area contributed by atoms with Crippen LogP contribution in [0.25, 0.3) is 0 Å². The van der Waals surface area contributed by atoms with Crippen LogP contribution in [-0.4, -0.2) is 41.3 Å². The predicted molar refractivity (Wildman–Crippen MR) is 128 cm³/mol. The van der Waals surface area contributed by atoms with E-state index in [2.05, 4.69) is 0 Å². The number of nitrogens with zero attached hydrogens (tertiary/aromatic N) is 2. The number of ether oxygens (including phenoxy) is 1. The van der Waals surface area contributed by atoms with Crippen molar-refractivity contribution in [1.82, 2.24) is 9.80 Å². The van der Waals surface area contributed by atoms with Gasteiger partial charge in [0.15, 0.2) is 6.61 Å². The van der Waals surface area contributed by atoms with Crippen molar-refractivity contribution in [2.75, 3.05) is 19.7 Å². The molecule has 1 aromatic heterocycles. The third kappa shape index (κ3) is 7.99. The van der Waals surface area contributed by atoms with Crippen LogP contribution in [0.2, 0.25) is 5.02 Å². The number of furan rings is 1. The minimum absolute atomic E-state index is 0.0332. The van der Waals surface area contributed by atoms with Crippen molar-refractivity contribution >= 4 is 23.4 Å². The van der Waals surface area contributed by atoms with Gasteiger partial charge in [-0.2, -0.15) is 0 Å². The monoisotopic (exact) mass is 468 g/mol. The number of hydrogen-bond acceptors (Lipinski definition) is 4. The topological polar surface area (TPSA) is 63.0 Å². The van der Waals surface area contributed by atoms with Gasteiger partial charge in [-0.05, 0) is 47.9 Å². The molecule has 174 valence electrons. The molecule has 0 fully saturated rings. The van der Waals surface area contributed by atoms with E-state index in [1.807, 2.05) is 50.2 Å². The van der Waals surface area contributed by atoms with E-state index in [1.165, 1.54) is 0 Å². The smallest absolute Gasteiger partial charge is 0.260 e. The van der Waals surface area contributed by atoms with E-state index in [4.69, 9.17) is 20.8 Å². The number of amides is 2. The lowest BCUT2D eigenvalue weighted by Crippen LogP contribution is -2.45. The Hall–Kier alpha value is -3.25. The number of halogens is 1. The first-order valence-electron chi connectivity index (χ1n) is 10.9. The van der Waals surface area contributed by atoms with Crippen LogP contribution in [0.4, 0.5) is 0 Å². The molecule has 3 aromatic rings. The van der Waals surface area contributed by atoms with Crippen molar-refractivity contribution in [2.45, 2.75) is 26.9 Å². The first kappa shape index (κ1) is 24.4. The Kier molecular flexibility index (Phi) is 8.95. The van der Waals surface area contributed by atoms with E-state index < -0.39 is 0 Å². The van der Waals surface area contributed by atoms with Crippen LogP contribution in [-0.2, 0) is 22.7 Å². The molecule has 2 amide bonds. The van der Waals surface area contributed by atoms with Gasteiger partial charge in [0.1, 0.15) is 11.5 Å². The van der Waals surface area contributed by atoms with Crippen molar-refractivity contribution in [3.63, 3.8) is 0 Å². The maximum atomic E-state index is 13.3. The number of benzene rings is 2. The minimum Gasteiger partial charge on any atom is -0.484 e. The van der Waals surface area contributed by atoms with Crippen LogP contribution in [0.1, 0.15) is 25.2 Å². The van der Waals surface area contributed by atoms with E-state index in [0.717, 1.165) is 5.56 Å². The zero-order valence-electron chi connectivity index (χ0n) is 18.9. The molecular formula is C26H29ClN2O4. The summed E-state index contributed by atoms with van der Waals surface area (Å²) in [6, 6.07) is 20.2. The molecule has 0 atom stereocenters. The summed E-state index contributed by atoms with van der Waals surface area (Å²) in [5, 5.41) is 0.593. The fourth-order valence-corrected chi connectivity index (χ4v) is 3.48. The van der Waals surface area contributed by atoms with Gasteiger partial charge >= 0.3 is 0 Å². The molecule has 0 saturated carbocycles. The summed E-state index contributed by atoms with van der Waals surface area (Å²) in [4.78, 5) is 29.5. The summed E-state index contributed by atoms with van der Waals surface area (Å²) in [6.07, 6.45) is 1.59. The second kappa shape index (κ2) is 12.1. The van der Waals surface area contributed by atoms with Crippen molar-refractivity contribution in [2.24, 2.45) is 5.92 Å². The first-order chi connectivity index (χ1) is 15.9. The van der Waals surface area contributed by atoms with Gasteiger partial charge in [-0.15, -0.1) is 0 Å². The predicted octanol–water partition coefficient (Wildman–Crippen LogP) is 5.03. The molecule has 1 heterocycles. The van der Waals surface area contributed by atoms with Gasteiger partial charge < -0.3 is 19.0 Å². The van der Waals surface area contributed by atoms with Crippen molar-refractivity contribution < 1.29 is 18.7 Å². The Morgan fingerprint density at radius 3 is 2.27 bits per heavy atom. The molecule has 33 heavy (non-hydrogen) atoms. The molecule has 6 nitrogen and oxygen atoms in total. The van der Waals surface area contributed by atoms with Gasteiger partial charge in [0, 0.05) is 18.1 Å². The maximum absolute atomic E-state index is 13.3. The van der Waals surface area contributed by atoms with Crippen molar-refractivity contribution in [3.8, 4) is 5.75 Å². The van der Waals surface area contributed by atoms with Gasteiger partial charge in [0.25, 0.3) is 5.91 Å². The molecular weight excluding hydrogens is 440 g/mol. The number of hydrogen-bond donors (Lipinski definition) is 0. The molecule has 0 saturated heterocycles. The van der Waals surface area contributed by atoms with E-state index in [9.17, 15) is 9.59 Å². The highest BCUT2D eigenvalue weighted by molar-refractivity contribution is 6.30. The summed E-state index contributed by atoms with van der Waals surface area (Å²) in [6.45, 7) is 5.03. The quantitative estimate of drug-likeness (QED) is 0.396. The van der Waals surface area contributed by atoms with E-state index in [-0.39, 0.29) is 30.9 Å². The summed E-state index contributed by atoms with van der Waals surface area (Å²) in [5.74, 6) is 1.03. The fourth-order valence-electron chi connectivity index (χ4n) is 3.35. The largest absolute Gasteiger partial charge is 0.484 e. The maximum Gasteiger partial charge on any atom is 0.260 e. The third-order valence-electron chi connectivity index (χ3n) is 4.94. The number of carbonyl (C=O) groups is 2. The zero-order valence-corrected chi connectivity index (χ0v) is 19.7. The highest BCUT2D eigenvalue weighted by Gasteiger charge is 2.23. The molecule has 3 rings (SSSR count). The molecule has 0 bridgehead atoms. The molecule has 0 spiro atoms. The fraction of sp³-hybridized carbons (Fsp3) is 0.308. The third-order valence-corrected chi connectivity index (χ3v) is 5.19. The Morgan fingerprint density at radius 1 is 0.909 bits per heavy atom. The lowest BCUT2D eigenvalue weighted by atomic mass is 10.2. The van der Waals surface area contributed by atoms with Crippen molar-refractivity contribution in [3.05, 3.63) is 89.3 Å². The molecule has 0 aliphatic rings. The van der Waals surface area contributed by atoms with Crippen molar-refractivity contribution in [1.29, 1.82) is 0 Å². The second-order valence-electron chi connectivity index (χ2n) is 8.23. The van der Waals surface area contributed by atoms with Gasteiger partial charge in [-0.3, -0.25) is 9.59 Å². The Balaban J connectivity index is 1.69. The van der Waals surface area contributed by atoms with E-state index in [0.29, 0.717) is 36.2 Å². The zero-order chi connectivity index (χ0) is 23.6. The summed E-state index contributed by atoms with van der Waals surface area (Å²) in [5.41, 5.74) is 1.00. The van der Waals surface area contributed by atoms with Gasteiger partial charge in [-0.25, -0.2) is 0 Å². The highest BCUT2D eigenvalue weighted by atomic mass is 35.5. The van der Waals surface area contributed by atoms with Crippen LogP contribution in [0.15, 0.2) is 77.4 Å². The van der Waals surface area contributed by atoms with Gasteiger partial charge in [0.2, 0.25) is 5.91 Å². The molecule has 0 unspecified atom stereocenters. The van der Waals surface area contributed by atoms with Crippen LogP contribution in [0, 0.1) is 5.92 Å². The summed E-state index contributed by atoms with van der Waals surface area (Å²) in [7, 11) is 0. The standard InChI is InChI=1S/C26H29ClN2O4/c1-20(2)15-28(26(31)19-33-23-12-10-22(27)11-13-23)18-25(30)29(17-24-9-6-14-32-24)16-21-7-4-3-5-8-21/h3-14,20H,15-19H2,1-2H3. The SMILES string of the molecule is CC(C)CN(CC(=O)N(Cc1ccccc1)Cc1ccco1)C(=O)COc1ccc(Cl)cc1. The van der Waals surface area contributed by atoms with Gasteiger partial charge in [-0.1, -0.05) is 55.8 Å². The average Bonchev–Trinajstić information content (AvgIpc) is 3.31. The van der Waals surface area contributed by atoms with E-state index >= 15 is 0 Å². The van der Waals surface area contributed by atoms with Crippen LogP contribution in [0.3, 0.4) is 0 Å². The normalized spacial score (nSPS) is 10.8. The Bertz CT molecular complexity index is 1000. The molecule has 0 N–H and O–H groups in total. The Labute approximate surface area is 199 Å². The molecule has 7 heteroatoms. The molecule has 0 aliphatic carbocycles. The Morgan fingerprint density at radius 2 is 1.64 bits per heavy atom. The van der Waals surface area contributed by atoms with Crippen LogP contribution in [0.5, 0.6) is 5.75 Å². The summed E-state index contributed by atoms with van der Waals surface area (Å²) >= 11 is 5.90. The second-order valence-corrected chi connectivity index (χ2v) is 8.66. The lowest BCUT2D eigenvalue weighted by molar-refractivity contribution is -0.142. The lowest BCUT2D eigenvalue weighted by Gasteiger charge is -2.28. The summed E-state index contributed by atoms with van der Waals surface area (Å²) < 4.78 is 11.1.